The highest BCUT2D eigenvalue weighted by molar-refractivity contribution is 5.92. The van der Waals surface area contributed by atoms with Crippen LogP contribution in [0.25, 0.3) is 5.70 Å². The third kappa shape index (κ3) is 3.02. The summed E-state index contributed by atoms with van der Waals surface area (Å²) < 4.78 is 11.0. The van der Waals surface area contributed by atoms with Gasteiger partial charge in [0, 0.05) is 23.5 Å². The quantitative estimate of drug-likeness (QED) is 0.716. The first-order valence-corrected chi connectivity index (χ1v) is 9.17. The van der Waals surface area contributed by atoms with E-state index in [9.17, 15) is 4.79 Å². The number of anilines is 1. The van der Waals surface area contributed by atoms with Crippen molar-refractivity contribution < 1.29 is 14.3 Å². The predicted octanol–water partition coefficient (Wildman–Crippen LogP) is 3.02. The fourth-order valence-corrected chi connectivity index (χ4v) is 3.55. The monoisotopic (exact) mass is 386 g/mol. The number of pyridine rings is 1. The zero-order valence-corrected chi connectivity index (χ0v) is 15.4. The SMILES string of the molecule is NC(=O)c1ccc(C2NC=C(c3ccc4c(c3)OCO4)N2c2ccccn2)cc1. The number of primary amides is 1. The van der Waals surface area contributed by atoms with Crippen molar-refractivity contribution in [3.8, 4) is 11.5 Å². The molecular weight excluding hydrogens is 368 g/mol. The number of carbonyl (C=O) groups is 1. The van der Waals surface area contributed by atoms with Gasteiger partial charge in [-0.1, -0.05) is 18.2 Å². The van der Waals surface area contributed by atoms with Gasteiger partial charge < -0.3 is 20.5 Å². The molecule has 1 unspecified atom stereocenters. The first-order valence-electron chi connectivity index (χ1n) is 9.17. The van der Waals surface area contributed by atoms with Gasteiger partial charge in [-0.05, 0) is 48.0 Å². The lowest BCUT2D eigenvalue weighted by atomic mass is 10.1. The number of nitrogens with one attached hydrogen (secondary N) is 1. The van der Waals surface area contributed by atoms with E-state index in [4.69, 9.17) is 15.2 Å². The minimum absolute atomic E-state index is 0.188. The number of aromatic nitrogens is 1. The molecular formula is C22H18N4O3. The molecule has 2 aromatic carbocycles. The zero-order chi connectivity index (χ0) is 19.8. The average Bonchev–Trinajstić information content (AvgIpc) is 3.41. The number of fused-ring (bicyclic) bond motifs is 1. The Hall–Kier alpha value is -4.00. The number of ether oxygens (including phenoxy) is 2. The number of nitrogens with zero attached hydrogens (tertiary/aromatic N) is 2. The van der Waals surface area contributed by atoms with Crippen LogP contribution in [0.3, 0.4) is 0 Å². The Labute approximate surface area is 167 Å². The normalized spacial score (nSPS) is 17.0. The van der Waals surface area contributed by atoms with Crippen LogP contribution in [0.5, 0.6) is 11.5 Å². The molecule has 3 N–H and O–H groups in total. The van der Waals surface area contributed by atoms with E-state index < -0.39 is 5.91 Å². The van der Waals surface area contributed by atoms with Gasteiger partial charge in [0.25, 0.3) is 0 Å². The fourth-order valence-electron chi connectivity index (χ4n) is 3.55. The number of amides is 1. The molecule has 7 nitrogen and oxygen atoms in total. The minimum Gasteiger partial charge on any atom is -0.454 e. The molecule has 3 aromatic rings. The van der Waals surface area contributed by atoms with Crippen LogP contribution in [0, 0.1) is 0 Å². The summed E-state index contributed by atoms with van der Waals surface area (Å²) in [6.45, 7) is 0.231. The highest BCUT2D eigenvalue weighted by Crippen LogP contribution is 2.40. The molecule has 0 aliphatic carbocycles. The van der Waals surface area contributed by atoms with Crippen molar-refractivity contribution in [1.29, 1.82) is 0 Å². The lowest BCUT2D eigenvalue weighted by Gasteiger charge is -2.29. The molecule has 0 saturated carbocycles. The maximum atomic E-state index is 11.4. The largest absolute Gasteiger partial charge is 0.454 e. The summed E-state index contributed by atoms with van der Waals surface area (Å²) in [5.41, 5.74) is 8.75. The van der Waals surface area contributed by atoms with Crippen LogP contribution in [-0.2, 0) is 0 Å². The minimum atomic E-state index is -0.448. The number of benzene rings is 2. The fraction of sp³-hybridized carbons (Fsp3) is 0.0909. The molecule has 0 spiro atoms. The van der Waals surface area contributed by atoms with Crippen molar-refractivity contribution in [1.82, 2.24) is 10.3 Å². The van der Waals surface area contributed by atoms with Crippen molar-refractivity contribution in [2.24, 2.45) is 5.73 Å². The molecule has 0 fully saturated rings. The maximum absolute atomic E-state index is 11.4. The van der Waals surface area contributed by atoms with E-state index in [1.165, 1.54) is 0 Å². The Morgan fingerprint density at radius 1 is 1.07 bits per heavy atom. The molecule has 144 valence electrons. The molecule has 5 rings (SSSR count). The maximum Gasteiger partial charge on any atom is 0.248 e. The highest BCUT2D eigenvalue weighted by atomic mass is 16.7. The van der Waals surface area contributed by atoms with Crippen molar-refractivity contribution in [3.05, 3.63) is 89.8 Å². The highest BCUT2D eigenvalue weighted by Gasteiger charge is 2.31. The second-order valence-electron chi connectivity index (χ2n) is 6.71. The van der Waals surface area contributed by atoms with E-state index in [1.807, 2.05) is 54.7 Å². The van der Waals surface area contributed by atoms with E-state index in [0.29, 0.717) is 5.56 Å². The predicted molar refractivity (Wildman–Crippen MR) is 108 cm³/mol. The van der Waals surface area contributed by atoms with E-state index in [1.54, 1.807) is 18.3 Å². The topological polar surface area (TPSA) is 89.7 Å². The summed E-state index contributed by atoms with van der Waals surface area (Å²) in [5, 5.41) is 3.42. The molecule has 0 radical (unpaired) electrons. The van der Waals surface area contributed by atoms with Crippen LogP contribution in [0.1, 0.15) is 27.7 Å². The Morgan fingerprint density at radius 3 is 2.66 bits per heavy atom. The standard InChI is InChI=1S/C22H18N4O3/c23-21(27)14-4-6-15(7-5-14)22-25-12-17(26(22)20-3-1-2-10-24-20)16-8-9-18-19(11-16)29-13-28-18/h1-12,22,25H,13H2,(H2,23,27). The van der Waals surface area contributed by atoms with Crippen LogP contribution in [0.4, 0.5) is 5.82 Å². The van der Waals surface area contributed by atoms with Gasteiger partial charge in [-0.3, -0.25) is 9.69 Å². The van der Waals surface area contributed by atoms with Gasteiger partial charge in [-0.15, -0.1) is 0 Å². The van der Waals surface area contributed by atoms with Crippen molar-refractivity contribution in [2.75, 3.05) is 11.7 Å². The summed E-state index contributed by atoms with van der Waals surface area (Å²) in [7, 11) is 0. The van der Waals surface area contributed by atoms with Gasteiger partial charge in [0.1, 0.15) is 12.0 Å². The van der Waals surface area contributed by atoms with Crippen LogP contribution in [0.15, 0.2) is 73.1 Å². The summed E-state index contributed by atoms with van der Waals surface area (Å²) >= 11 is 0. The number of hydrogen-bond donors (Lipinski definition) is 2. The van der Waals surface area contributed by atoms with Crippen LogP contribution >= 0.6 is 0 Å². The molecule has 2 aliphatic rings. The van der Waals surface area contributed by atoms with E-state index >= 15 is 0 Å². The number of hydrogen-bond acceptors (Lipinski definition) is 6. The average molecular weight is 386 g/mol. The van der Waals surface area contributed by atoms with E-state index in [0.717, 1.165) is 34.1 Å². The summed E-state index contributed by atoms with van der Waals surface area (Å²) in [4.78, 5) is 18.1. The molecule has 0 saturated heterocycles. The van der Waals surface area contributed by atoms with Gasteiger partial charge in [-0.2, -0.15) is 0 Å². The number of rotatable bonds is 4. The van der Waals surface area contributed by atoms with E-state index in [-0.39, 0.29) is 13.0 Å². The van der Waals surface area contributed by atoms with Gasteiger partial charge in [0.2, 0.25) is 12.7 Å². The first-order chi connectivity index (χ1) is 14.2. The Balaban J connectivity index is 1.54. The van der Waals surface area contributed by atoms with Gasteiger partial charge in [-0.25, -0.2) is 4.98 Å². The Bertz CT molecular complexity index is 1100. The third-order valence-corrected chi connectivity index (χ3v) is 4.97. The van der Waals surface area contributed by atoms with Crippen LogP contribution < -0.4 is 25.4 Å². The Morgan fingerprint density at radius 2 is 1.90 bits per heavy atom. The van der Waals surface area contributed by atoms with Crippen molar-refractivity contribution in [2.45, 2.75) is 6.17 Å². The van der Waals surface area contributed by atoms with Crippen molar-refractivity contribution in [3.63, 3.8) is 0 Å². The van der Waals surface area contributed by atoms with Gasteiger partial charge in [0.05, 0.1) is 5.70 Å². The lowest BCUT2D eigenvalue weighted by molar-refractivity contribution is 0.1000. The first kappa shape index (κ1) is 17.1. The Kier molecular flexibility index (Phi) is 4.05. The summed E-state index contributed by atoms with van der Waals surface area (Å²) in [6, 6.07) is 18.9. The second kappa shape index (κ2) is 6.87. The molecule has 1 aromatic heterocycles. The van der Waals surface area contributed by atoms with Crippen molar-refractivity contribution >= 4 is 17.4 Å². The third-order valence-electron chi connectivity index (χ3n) is 4.97. The summed E-state index contributed by atoms with van der Waals surface area (Å²) in [6.07, 6.45) is 3.53. The molecule has 2 aliphatic heterocycles. The second-order valence-corrected chi connectivity index (χ2v) is 6.71. The van der Waals surface area contributed by atoms with E-state index in [2.05, 4.69) is 15.2 Å². The summed E-state index contributed by atoms with van der Waals surface area (Å²) in [5.74, 6) is 1.81. The molecule has 1 atom stereocenters. The van der Waals surface area contributed by atoms with Gasteiger partial charge in [0.15, 0.2) is 11.5 Å². The lowest BCUT2D eigenvalue weighted by Crippen LogP contribution is -2.29. The molecule has 29 heavy (non-hydrogen) atoms. The molecule has 7 heteroatoms. The number of nitrogens with two attached hydrogens (primary N) is 1. The van der Waals surface area contributed by atoms with Gasteiger partial charge >= 0.3 is 0 Å². The number of carbonyl (C=O) groups excluding carboxylic acids is 1. The molecule has 1 amide bonds. The molecule has 3 heterocycles. The zero-order valence-electron chi connectivity index (χ0n) is 15.4. The smallest absolute Gasteiger partial charge is 0.248 e. The van der Waals surface area contributed by atoms with Crippen LogP contribution in [0.2, 0.25) is 0 Å². The van der Waals surface area contributed by atoms with Crippen LogP contribution in [-0.4, -0.2) is 17.7 Å². The molecule has 0 bridgehead atoms.